The van der Waals surface area contributed by atoms with Crippen LogP contribution in [0, 0.1) is 27.9 Å². The van der Waals surface area contributed by atoms with E-state index in [1.165, 1.54) is 6.07 Å². The predicted octanol–water partition coefficient (Wildman–Crippen LogP) is 3.92. The summed E-state index contributed by atoms with van der Waals surface area (Å²) in [6.07, 6.45) is 0.281. The van der Waals surface area contributed by atoms with Gasteiger partial charge in [-0.3, -0.25) is 29.3 Å². The summed E-state index contributed by atoms with van der Waals surface area (Å²) in [7, 11) is 0. The van der Waals surface area contributed by atoms with E-state index in [4.69, 9.17) is 16.3 Å². The number of benzene rings is 1. The summed E-state index contributed by atoms with van der Waals surface area (Å²) < 4.78 is 5.06. The Balaban J connectivity index is 2.43. The first-order valence-corrected chi connectivity index (χ1v) is 11.4. The monoisotopic (exact) mass is 469 g/mol. The van der Waals surface area contributed by atoms with Crippen molar-refractivity contribution >= 4 is 52.4 Å². The van der Waals surface area contributed by atoms with E-state index in [9.17, 15) is 29.3 Å². The van der Waals surface area contributed by atoms with Crippen molar-refractivity contribution in [2.75, 3.05) is 12.4 Å². The van der Waals surface area contributed by atoms with Crippen LogP contribution in [0.3, 0.4) is 0 Å². The van der Waals surface area contributed by atoms with Crippen LogP contribution in [0.15, 0.2) is 18.2 Å². The molecule has 0 aromatic heterocycles. The summed E-state index contributed by atoms with van der Waals surface area (Å²) in [4.78, 5) is 62.3. The van der Waals surface area contributed by atoms with E-state index in [0.29, 0.717) is 6.42 Å². The molecule has 0 amide bonds. The summed E-state index contributed by atoms with van der Waals surface area (Å²) in [5, 5.41) is 11.5. The first kappa shape index (κ1) is 25.0. The molecule has 1 aliphatic carbocycles. The average Bonchev–Trinajstić information content (AvgIpc) is 2.67. The first-order valence-electron chi connectivity index (χ1n) is 9.95. The number of Topliss-reactive ketones (excluding diaryl/α,β-unsaturated/α-hetero) is 3. The van der Waals surface area contributed by atoms with Crippen molar-refractivity contribution in [3.8, 4) is 0 Å². The number of ether oxygens (including phenoxy) is 1. The number of thioether (sulfide) groups is 1. The Hall–Kier alpha value is -2.26. The van der Waals surface area contributed by atoms with Gasteiger partial charge in [0.05, 0.1) is 17.1 Å². The zero-order chi connectivity index (χ0) is 23.3. The lowest BCUT2D eigenvalue weighted by Gasteiger charge is -2.33. The number of nitro benzene ring substituents is 1. The Morgan fingerprint density at radius 2 is 2.00 bits per heavy atom. The Kier molecular flexibility index (Phi) is 8.76. The topological polar surface area (TPSA) is 121 Å². The van der Waals surface area contributed by atoms with Crippen LogP contribution in [0.1, 0.15) is 44.0 Å². The van der Waals surface area contributed by atoms with Gasteiger partial charge in [0, 0.05) is 22.8 Å². The molecule has 8 nitrogen and oxygen atoms in total. The fourth-order valence-electron chi connectivity index (χ4n) is 3.90. The maximum absolute atomic E-state index is 13.2. The number of nitro groups is 1. The second-order valence-electron chi connectivity index (χ2n) is 7.28. The number of carbonyl (C=O) groups is 4. The molecule has 0 bridgehead atoms. The second kappa shape index (κ2) is 10.9. The molecule has 1 aliphatic rings. The van der Waals surface area contributed by atoms with E-state index in [1.807, 2.05) is 13.8 Å². The normalized spacial score (nSPS) is 22.1. The van der Waals surface area contributed by atoms with Gasteiger partial charge in [0.15, 0.2) is 17.3 Å². The molecule has 0 heterocycles. The molecular formula is C21H24ClNO7S. The highest BCUT2D eigenvalue weighted by Crippen LogP contribution is 2.37. The summed E-state index contributed by atoms with van der Waals surface area (Å²) >= 11 is 7.42. The molecule has 0 spiro atoms. The van der Waals surface area contributed by atoms with Crippen molar-refractivity contribution < 1.29 is 28.8 Å². The Labute approximate surface area is 189 Å². The van der Waals surface area contributed by atoms with Crippen LogP contribution in [0.5, 0.6) is 0 Å². The molecule has 1 aromatic rings. The lowest BCUT2D eigenvalue weighted by Crippen LogP contribution is -2.49. The minimum atomic E-state index is -1.78. The predicted molar refractivity (Wildman–Crippen MR) is 116 cm³/mol. The number of hydrogen-bond donors (Lipinski definition) is 0. The lowest BCUT2D eigenvalue weighted by molar-refractivity contribution is -0.385. The largest absolute Gasteiger partial charge is 0.465 e. The third kappa shape index (κ3) is 5.71. The Morgan fingerprint density at radius 3 is 2.58 bits per heavy atom. The molecule has 0 N–H and O–H groups in total. The van der Waals surface area contributed by atoms with Crippen molar-refractivity contribution in [2.45, 2.75) is 38.9 Å². The molecule has 4 unspecified atom stereocenters. The number of halogens is 1. The highest BCUT2D eigenvalue weighted by Gasteiger charge is 2.51. The second-order valence-corrected chi connectivity index (χ2v) is 9.43. The van der Waals surface area contributed by atoms with E-state index in [0.717, 1.165) is 17.9 Å². The van der Waals surface area contributed by atoms with Gasteiger partial charge in [-0.25, -0.2) is 0 Å². The van der Waals surface area contributed by atoms with Crippen LogP contribution in [-0.4, -0.2) is 45.9 Å². The fraction of sp³-hybridized carbons (Fsp3) is 0.524. The minimum Gasteiger partial charge on any atom is -0.465 e. The molecule has 4 atom stereocenters. The summed E-state index contributed by atoms with van der Waals surface area (Å²) in [5.74, 6) is -6.07. The van der Waals surface area contributed by atoms with Crippen LogP contribution < -0.4 is 0 Å². The molecule has 2 rings (SSSR count). The van der Waals surface area contributed by atoms with Crippen molar-refractivity contribution in [3.63, 3.8) is 0 Å². The fourth-order valence-corrected chi connectivity index (χ4v) is 5.02. The summed E-state index contributed by atoms with van der Waals surface area (Å²) in [6.45, 7) is 5.57. The summed E-state index contributed by atoms with van der Waals surface area (Å²) in [5.41, 5.74) is -0.988. The van der Waals surface area contributed by atoms with Crippen LogP contribution in [-0.2, 0) is 19.1 Å². The molecule has 1 saturated carbocycles. The smallest absolute Gasteiger partial charge is 0.316 e. The first-order chi connectivity index (χ1) is 14.6. The zero-order valence-corrected chi connectivity index (χ0v) is 19.0. The van der Waals surface area contributed by atoms with Gasteiger partial charge < -0.3 is 4.74 Å². The van der Waals surface area contributed by atoms with Gasteiger partial charge in [-0.1, -0.05) is 25.4 Å². The van der Waals surface area contributed by atoms with Gasteiger partial charge in [0.25, 0.3) is 5.69 Å². The summed E-state index contributed by atoms with van der Waals surface area (Å²) in [6, 6.07) is 3.38. The van der Waals surface area contributed by atoms with Crippen LogP contribution in [0.25, 0.3) is 0 Å². The zero-order valence-electron chi connectivity index (χ0n) is 17.5. The average molecular weight is 470 g/mol. The van der Waals surface area contributed by atoms with E-state index < -0.39 is 57.2 Å². The van der Waals surface area contributed by atoms with Gasteiger partial charge in [0.1, 0.15) is 11.8 Å². The van der Waals surface area contributed by atoms with Gasteiger partial charge in [-0.05, 0) is 37.1 Å². The molecule has 10 heteroatoms. The van der Waals surface area contributed by atoms with Crippen molar-refractivity contribution in [1.29, 1.82) is 0 Å². The number of rotatable bonds is 9. The van der Waals surface area contributed by atoms with Gasteiger partial charge >= 0.3 is 5.97 Å². The van der Waals surface area contributed by atoms with Crippen LogP contribution >= 0.6 is 23.4 Å². The maximum atomic E-state index is 13.2. The number of carbonyl (C=O) groups excluding carboxylic acids is 4. The highest BCUT2D eigenvalue weighted by molar-refractivity contribution is 7.99. The number of hydrogen-bond acceptors (Lipinski definition) is 8. The number of esters is 1. The Morgan fingerprint density at radius 1 is 1.32 bits per heavy atom. The quantitative estimate of drug-likeness (QED) is 0.175. The van der Waals surface area contributed by atoms with Crippen molar-refractivity contribution in [1.82, 2.24) is 0 Å². The lowest BCUT2D eigenvalue weighted by atomic mass is 9.68. The van der Waals surface area contributed by atoms with Crippen LogP contribution in [0.4, 0.5) is 5.69 Å². The minimum absolute atomic E-state index is 0.0384. The van der Waals surface area contributed by atoms with E-state index in [2.05, 4.69) is 0 Å². The molecular weight excluding hydrogens is 446 g/mol. The molecule has 168 valence electrons. The standard InChI is InChI=1S/C21H24ClNO7S/c1-4-30-21(27)17-12(8-11(3)31-5-2)9-16(24)18(20(17)26)19(25)14-7-6-13(22)10-15(14)23(28)29/h6-7,10-12,17-18H,4-5,8-9H2,1-3H3. The maximum Gasteiger partial charge on any atom is 0.316 e. The molecule has 1 aromatic carbocycles. The third-order valence-corrected chi connectivity index (χ3v) is 6.49. The molecule has 0 radical (unpaired) electrons. The van der Waals surface area contributed by atoms with Gasteiger partial charge in [-0.15, -0.1) is 0 Å². The van der Waals surface area contributed by atoms with E-state index in [1.54, 1.807) is 18.7 Å². The SMILES string of the molecule is CCOC(=O)C1C(=O)C(C(=O)c2ccc(Cl)cc2[N+](=O)[O-])C(=O)CC1CC(C)SCC. The van der Waals surface area contributed by atoms with Gasteiger partial charge in [-0.2, -0.15) is 11.8 Å². The third-order valence-electron chi connectivity index (χ3n) is 5.16. The highest BCUT2D eigenvalue weighted by atomic mass is 35.5. The molecule has 1 fully saturated rings. The Bertz CT molecular complexity index is 904. The van der Waals surface area contributed by atoms with Crippen molar-refractivity contribution in [3.05, 3.63) is 38.9 Å². The number of nitrogens with zero attached hydrogens (tertiary/aromatic N) is 1. The van der Waals surface area contributed by atoms with Crippen molar-refractivity contribution in [2.24, 2.45) is 17.8 Å². The number of ketones is 3. The van der Waals surface area contributed by atoms with Gasteiger partial charge in [0.2, 0.25) is 0 Å². The van der Waals surface area contributed by atoms with E-state index >= 15 is 0 Å². The molecule has 0 aliphatic heterocycles. The van der Waals surface area contributed by atoms with Crippen LogP contribution in [0.2, 0.25) is 5.02 Å². The molecule has 0 saturated heterocycles. The van der Waals surface area contributed by atoms with E-state index in [-0.39, 0.29) is 23.3 Å². The molecule has 31 heavy (non-hydrogen) atoms.